The molecule has 0 spiro atoms. The minimum atomic E-state index is 1.04. The number of hydrogen-bond acceptors (Lipinski definition) is 0. The van der Waals surface area contributed by atoms with Crippen molar-refractivity contribution < 1.29 is 0 Å². The second kappa shape index (κ2) is 25.7. The van der Waals surface area contributed by atoms with E-state index in [0.29, 0.717) is 0 Å². The summed E-state index contributed by atoms with van der Waals surface area (Å²) in [6.07, 6.45) is 31.0. The molecule has 4 nitrogen and oxygen atoms in total. The number of hydrogen-bond donors (Lipinski definition) is 0. The van der Waals surface area contributed by atoms with Gasteiger partial charge in [0.25, 0.3) is 0 Å². The molecular weight excluding hydrogens is 1020 g/mol. The summed E-state index contributed by atoms with van der Waals surface area (Å²) >= 11 is 0. The predicted molar refractivity (Wildman–Crippen MR) is 371 cm³/mol. The van der Waals surface area contributed by atoms with Crippen LogP contribution < -0.4 is 0 Å². The third-order valence-corrected chi connectivity index (χ3v) is 19.7. The van der Waals surface area contributed by atoms with Crippen LogP contribution in [0.2, 0.25) is 0 Å². The molecule has 4 aromatic heterocycles. The van der Waals surface area contributed by atoms with Crippen molar-refractivity contribution in [3.8, 4) is 0 Å². The van der Waals surface area contributed by atoms with E-state index < -0.39 is 0 Å². The summed E-state index contributed by atoms with van der Waals surface area (Å²) in [7, 11) is 0. The molecule has 4 heterocycles. The Kier molecular flexibility index (Phi) is 17.1. The molecule has 16 bridgehead atoms. The van der Waals surface area contributed by atoms with Crippen molar-refractivity contribution in [2.75, 3.05) is 0 Å². The number of aryl methyl sites for hydroxylation is 4. The Labute approximate surface area is 499 Å². The largest absolute Gasteiger partial charge is 0.340 e. The van der Waals surface area contributed by atoms with Crippen LogP contribution >= 0.6 is 0 Å². The normalized spacial score (nSPS) is 12.4. The summed E-state index contributed by atoms with van der Waals surface area (Å²) in [5, 5.41) is 21.1. The molecule has 0 fully saturated rings. The van der Waals surface area contributed by atoms with Crippen molar-refractivity contribution in [3.05, 3.63) is 146 Å². The fourth-order valence-electron chi connectivity index (χ4n) is 15.0. The van der Waals surface area contributed by atoms with Gasteiger partial charge in [0, 0.05) is 113 Å². The number of rotatable bonds is 28. The first-order valence-corrected chi connectivity index (χ1v) is 33.8. The van der Waals surface area contributed by atoms with Crippen LogP contribution in [-0.4, -0.2) is 18.3 Å². The molecule has 0 unspecified atom stereocenters. The zero-order chi connectivity index (χ0) is 56.9. The van der Waals surface area contributed by atoms with Crippen LogP contribution in [0, 0.1) is 0 Å². The van der Waals surface area contributed by atoms with Gasteiger partial charge in [0.15, 0.2) is 0 Å². The Morgan fingerprint density at radius 3 is 0.476 bits per heavy atom. The Balaban J connectivity index is 1.06. The van der Waals surface area contributed by atoms with Crippen LogP contribution in [0.4, 0.5) is 0 Å². The van der Waals surface area contributed by atoms with Crippen molar-refractivity contribution in [3.63, 3.8) is 0 Å². The van der Waals surface area contributed by atoms with Crippen molar-refractivity contribution in [2.45, 2.75) is 208 Å². The highest BCUT2D eigenvalue weighted by molar-refractivity contribution is 6.19. The summed E-state index contributed by atoms with van der Waals surface area (Å²) in [6, 6.07) is 59.1. The second-order valence-corrected chi connectivity index (χ2v) is 25.5. The molecule has 9 aromatic carbocycles. The lowest BCUT2D eigenvalue weighted by Crippen LogP contribution is -1.98. The van der Waals surface area contributed by atoms with Gasteiger partial charge in [-0.3, -0.25) is 0 Å². The van der Waals surface area contributed by atoms with Gasteiger partial charge in [0.2, 0.25) is 0 Å². The molecule has 4 heteroatoms. The maximum absolute atomic E-state index is 2.65. The molecule has 432 valence electrons. The Hall–Kier alpha value is -7.04. The smallest absolute Gasteiger partial charge is 0.0491 e. The molecule has 0 aliphatic heterocycles. The van der Waals surface area contributed by atoms with Gasteiger partial charge in [-0.1, -0.05) is 205 Å². The SMILES string of the molecule is CCCCCCCCn1c2ccc3cc2c2cc(ccc21)c1ccc2c(c1)c1cc(ccc1n2CCCCCCCC)c1ccc2c(c1)c1cc(ccc1n2CCCCCCCC)c1ccc2c(c1)c1cc3ccc1n2CCCCCCCC. The lowest BCUT2D eigenvalue weighted by molar-refractivity contribution is 0.571. The number of fused-ring (bicyclic) bond motifs is 12. The first kappa shape index (κ1) is 56.1. The summed E-state index contributed by atoms with van der Waals surface area (Å²) in [5.41, 5.74) is 10.8. The van der Waals surface area contributed by atoms with E-state index in [1.165, 1.54) is 284 Å². The summed E-state index contributed by atoms with van der Waals surface area (Å²) < 4.78 is 10.6. The van der Waals surface area contributed by atoms with Crippen molar-refractivity contribution in [2.24, 2.45) is 0 Å². The highest BCUT2D eigenvalue weighted by Gasteiger charge is 2.18. The summed E-state index contributed by atoms with van der Waals surface area (Å²) in [6.45, 7) is 13.4. The zero-order valence-electron chi connectivity index (χ0n) is 51.4. The van der Waals surface area contributed by atoms with E-state index in [1.807, 2.05) is 0 Å². The molecule has 0 radical (unpaired) electrons. The summed E-state index contributed by atoms with van der Waals surface area (Å²) in [5.74, 6) is 0. The molecular formula is C80H92N4. The van der Waals surface area contributed by atoms with Gasteiger partial charge in [-0.25, -0.2) is 0 Å². The minimum absolute atomic E-state index is 1.04. The van der Waals surface area contributed by atoms with Crippen molar-refractivity contribution >= 4 is 130 Å². The minimum Gasteiger partial charge on any atom is -0.340 e. The van der Waals surface area contributed by atoms with E-state index in [2.05, 4.69) is 192 Å². The van der Waals surface area contributed by atoms with E-state index in [4.69, 9.17) is 0 Å². The quantitative estimate of drug-likeness (QED) is 0.0436. The average Bonchev–Trinajstić information content (AvgIpc) is 4.13. The molecule has 0 amide bonds. The van der Waals surface area contributed by atoms with Gasteiger partial charge < -0.3 is 18.3 Å². The van der Waals surface area contributed by atoms with Gasteiger partial charge in [0.05, 0.1) is 0 Å². The van der Waals surface area contributed by atoms with Crippen LogP contribution in [-0.2, 0) is 26.2 Å². The lowest BCUT2D eigenvalue weighted by atomic mass is 10.0. The molecule has 0 aliphatic carbocycles. The number of aromatic nitrogens is 4. The van der Waals surface area contributed by atoms with Crippen LogP contribution in [0.15, 0.2) is 146 Å². The molecule has 0 aliphatic rings. The topological polar surface area (TPSA) is 19.7 Å². The predicted octanol–water partition coefficient (Wildman–Crippen LogP) is 24.7. The third kappa shape index (κ3) is 11.0. The van der Waals surface area contributed by atoms with E-state index >= 15 is 0 Å². The fourth-order valence-corrected chi connectivity index (χ4v) is 15.0. The fraction of sp³-hybridized carbons (Fsp3) is 0.400. The van der Waals surface area contributed by atoms with E-state index in [1.54, 1.807) is 0 Å². The van der Waals surface area contributed by atoms with Crippen molar-refractivity contribution in [1.82, 2.24) is 18.3 Å². The van der Waals surface area contributed by atoms with Crippen LogP contribution in [0.25, 0.3) is 130 Å². The van der Waals surface area contributed by atoms with Gasteiger partial charge in [-0.05, 0) is 166 Å². The number of unbranched alkanes of at least 4 members (excludes halogenated alkanes) is 20. The molecule has 84 heavy (non-hydrogen) atoms. The Morgan fingerprint density at radius 1 is 0.179 bits per heavy atom. The van der Waals surface area contributed by atoms with Crippen molar-refractivity contribution in [1.29, 1.82) is 0 Å². The van der Waals surface area contributed by atoms with Gasteiger partial charge in [-0.15, -0.1) is 0 Å². The standard InChI is InChI=1S/C80H92N4/c1-5-9-13-17-21-25-45-81-73-37-29-57-49-65(73)66-50-58(30-38-74(66)81)60-32-40-76-68(52-60)70-54-62(34-42-78(70)83(76)47-27-23-19-15-11-7-3)64-36-44-80-72(56-64)71-55-63(35-43-79(71)84(80)48-28-24-20-16-12-8-4)61-33-41-77-69(53-61)67-51-59(57)31-39-75(67)82(77)46-26-22-18-14-10-6-2/h29-44,49-56H,5-28,45-48H2,1-4H3. The molecule has 0 N–H and O–H groups in total. The van der Waals surface area contributed by atoms with Gasteiger partial charge in [0.1, 0.15) is 0 Å². The molecule has 0 saturated heterocycles. The lowest BCUT2D eigenvalue weighted by Gasteiger charge is -2.09. The number of nitrogens with zero attached hydrogens (tertiary/aromatic N) is 4. The molecule has 0 saturated carbocycles. The Morgan fingerprint density at radius 2 is 0.321 bits per heavy atom. The van der Waals surface area contributed by atoms with Crippen LogP contribution in [0.5, 0.6) is 0 Å². The summed E-state index contributed by atoms with van der Waals surface area (Å²) in [4.78, 5) is 0. The monoisotopic (exact) mass is 1110 g/mol. The third-order valence-electron chi connectivity index (χ3n) is 19.7. The first-order valence-electron chi connectivity index (χ1n) is 33.8. The molecule has 13 rings (SSSR count). The average molecular weight is 1110 g/mol. The van der Waals surface area contributed by atoms with E-state index in [0.717, 1.165) is 26.2 Å². The van der Waals surface area contributed by atoms with Gasteiger partial charge in [-0.2, -0.15) is 0 Å². The Bertz CT molecular complexity index is 3690. The van der Waals surface area contributed by atoms with Crippen LogP contribution in [0.3, 0.4) is 0 Å². The highest BCUT2D eigenvalue weighted by atomic mass is 15.0. The van der Waals surface area contributed by atoms with E-state index in [-0.39, 0.29) is 0 Å². The molecule has 13 aromatic rings. The maximum Gasteiger partial charge on any atom is 0.0491 e. The maximum atomic E-state index is 2.65. The molecule has 0 atom stereocenters. The zero-order valence-corrected chi connectivity index (χ0v) is 51.4. The van der Waals surface area contributed by atoms with E-state index in [9.17, 15) is 0 Å². The first-order chi connectivity index (χ1) is 41.5. The second-order valence-electron chi connectivity index (χ2n) is 25.5. The van der Waals surface area contributed by atoms with Crippen LogP contribution in [0.1, 0.15) is 182 Å². The van der Waals surface area contributed by atoms with Gasteiger partial charge >= 0.3 is 0 Å². The number of benzene rings is 8. The highest BCUT2D eigenvalue weighted by Crippen LogP contribution is 2.40.